The number of hydrogen-bond acceptors (Lipinski definition) is 3. The number of likely N-dealkylation sites (tertiary alicyclic amines) is 1. The summed E-state index contributed by atoms with van der Waals surface area (Å²) in [6.07, 6.45) is 2.02. The van der Waals surface area contributed by atoms with Crippen LogP contribution in [0.25, 0.3) is 0 Å². The van der Waals surface area contributed by atoms with Crippen LogP contribution in [-0.4, -0.2) is 30.6 Å². The fourth-order valence-electron chi connectivity index (χ4n) is 3.21. The van der Waals surface area contributed by atoms with Crippen LogP contribution in [0.1, 0.15) is 23.5 Å². The van der Waals surface area contributed by atoms with Crippen LogP contribution in [-0.2, 0) is 6.42 Å². The van der Waals surface area contributed by atoms with E-state index < -0.39 is 0 Å². The van der Waals surface area contributed by atoms with Crippen LogP contribution in [0.15, 0.2) is 35.7 Å². The normalized spacial score (nSPS) is 19.8. The number of carbonyl (C=O) groups is 1. The number of rotatable bonds is 2. The Morgan fingerprint density at radius 1 is 1.36 bits per heavy atom. The maximum absolute atomic E-state index is 12.3. The van der Waals surface area contributed by atoms with Gasteiger partial charge in [0, 0.05) is 25.4 Å². The number of nitrogens with zero attached hydrogens (tertiary/aromatic N) is 1. The topological polar surface area (TPSA) is 41.6 Å². The zero-order valence-electron chi connectivity index (χ0n) is 12.2. The fraction of sp³-hybridized carbons (Fsp3) is 0.353. The first-order chi connectivity index (χ1) is 10.8. The molecule has 0 aliphatic carbocycles. The summed E-state index contributed by atoms with van der Waals surface area (Å²) in [5.41, 5.74) is 2.63. The minimum atomic E-state index is 0.00874. The summed E-state index contributed by atoms with van der Waals surface area (Å²) in [5.74, 6) is 1.45. The van der Waals surface area contributed by atoms with Crippen molar-refractivity contribution in [2.45, 2.75) is 18.8 Å². The number of amides is 2. The molecule has 5 heteroatoms. The molecule has 2 aliphatic heterocycles. The summed E-state index contributed by atoms with van der Waals surface area (Å²) in [4.78, 5) is 14.2. The van der Waals surface area contributed by atoms with Gasteiger partial charge in [-0.1, -0.05) is 12.1 Å². The Labute approximate surface area is 133 Å². The van der Waals surface area contributed by atoms with Crippen molar-refractivity contribution in [3.63, 3.8) is 0 Å². The number of carbonyl (C=O) groups excluding carboxylic acids is 1. The van der Waals surface area contributed by atoms with Crippen LogP contribution in [0.2, 0.25) is 0 Å². The lowest BCUT2D eigenvalue weighted by molar-refractivity contribution is 0.222. The third kappa shape index (κ3) is 2.57. The van der Waals surface area contributed by atoms with Gasteiger partial charge in [-0.25, -0.2) is 4.79 Å². The van der Waals surface area contributed by atoms with Crippen molar-refractivity contribution in [1.29, 1.82) is 0 Å². The second kappa shape index (κ2) is 5.65. The van der Waals surface area contributed by atoms with E-state index in [2.05, 4.69) is 23.5 Å². The Balaban J connectivity index is 1.42. The number of anilines is 1. The number of urea groups is 1. The Morgan fingerprint density at radius 3 is 3.18 bits per heavy atom. The molecule has 1 saturated heterocycles. The van der Waals surface area contributed by atoms with Crippen LogP contribution >= 0.6 is 11.3 Å². The highest BCUT2D eigenvalue weighted by Gasteiger charge is 2.28. The Hall–Kier alpha value is -2.01. The Kier molecular flexibility index (Phi) is 3.50. The standard InChI is InChI=1S/C17H18N2O2S/c20-17(18-16-2-1-9-22-16)19-7-5-14(11-19)12-3-4-15-13(10-12)6-8-21-15/h1-4,9-10,14H,5-8,11H2,(H,18,20). The lowest BCUT2D eigenvalue weighted by Gasteiger charge is -2.17. The summed E-state index contributed by atoms with van der Waals surface area (Å²) in [5, 5.41) is 5.84. The van der Waals surface area contributed by atoms with E-state index in [0.717, 1.165) is 43.3 Å². The van der Waals surface area contributed by atoms with E-state index in [1.165, 1.54) is 11.1 Å². The molecule has 1 N–H and O–H groups in total. The van der Waals surface area contributed by atoms with Crippen LogP contribution in [0.5, 0.6) is 5.75 Å². The van der Waals surface area contributed by atoms with Gasteiger partial charge in [-0.3, -0.25) is 5.32 Å². The van der Waals surface area contributed by atoms with E-state index in [-0.39, 0.29) is 6.03 Å². The van der Waals surface area contributed by atoms with Gasteiger partial charge < -0.3 is 9.64 Å². The van der Waals surface area contributed by atoms with Crippen molar-refractivity contribution in [1.82, 2.24) is 4.90 Å². The van der Waals surface area contributed by atoms with Gasteiger partial charge in [-0.05, 0) is 41.1 Å². The molecule has 3 heterocycles. The second-order valence-electron chi connectivity index (χ2n) is 5.80. The molecule has 1 fully saturated rings. The predicted molar refractivity (Wildman–Crippen MR) is 87.9 cm³/mol. The van der Waals surface area contributed by atoms with Crippen molar-refractivity contribution in [2.75, 3.05) is 25.0 Å². The Morgan fingerprint density at radius 2 is 2.32 bits per heavy atom. The number of ether oxygens (including phenoxy) is 1. The maximum Gasteiger partial charge on any atom is 0.322 e. The first-order valence-corrected chi connectivity index (χ1v) is 8.52. The second-order valence-corrected chi connectivity index (χ2v) is 6.75. The highest BCUT2D eigenvalue weighted by atomic mass is 32.1. The molecule has 0 bridgehead atoms. The minimum absolute atomic E-state index is 0.00874. The molecule has 4 rings (SSSR count). The SMILES string of the molecule is O=C(Nc1cccs1)N1CCC(c2ccc3c(c2)CCO3)C1. The Bertz CT molecular complexity index is 684. The molecular formula is C17H18N2O2S. The van der Waals surface area contributed by atoms with Gasteiger partial charge in [0.2, 0.25) is 0 Å². The van der Waals surface area contributed by atoms with E-state index in [0.29, 0.717) is 5.92 Å². The van der Waals surface area contributed by atoms with Crippen LogP contribution < -0.4 is 10.1 Å². The average Bonchev–Trinajstić information content (AvgIpc) is 3.27. The van der Waals surface area contributed by atoms with Crippen molar-refractivity contribution < 1.29 is 9.53 Å². The molecule has 1 atom stereocenters. The van der Waals surface area contributed by atoms with Crippen molar-refractivity contribution >= 4 is 22.4 Å². The molecular weight excluding hydrogens is 296 g/mol. The van der Waals surface area contributed by atoms with Gasteiger partial charge in [-0.2, -0.15) is 0 Å². The van der Waals surface area contributed by atoms with Crippen LogP contribution in [0.3, 0.4) is 0 Å². The summed E-state index contributed by atoms with van der Waals surface area (Å²) >= 11 is 1.55. The number of hydrogen-bond donors (Lipinski definition) is 1. The van der Waals surface area contributed by atoms with Crippen LogP contribution in [0, 0.1) is 0 Å². The smallest absolute Gasteiger partial charge is 0.322 e. The van der Waals surface area contributed by atoms with Gasteiger partial charge in [-0.15, -0.1) is 11.3 Å². The average molecular weight is 314 g/mol. The van der Waals surface area contributed by atoms with E-state index in [4.69, 9.17) is 4.74 Å². The molecule has 1 aromatic heterocycles. The highest BCUT2D eigenvalue weighted by molar-refractivity contribution is 7.14. The van der Waals surface area contributed by atoms with Gasteiger partial charge in [0.05, 0.1) is 11.6 Å². The zero-order chi connectivity index (χ0) is 14.9. The third-order valence-electron chi connectivity index (χ3n) is 4.41. The molecule has 0 saturated carbocycles. The molecule has 2 aromatic rings. The quantitative estimate of drug-likeness (QED) is 0.918. The summed E-state index contributed by atoms with van der Waals surface area (Å²) in [6, 6.07) is 10.4. The minimum Gasteiger partial charge on any atom is -0.493 e. The lowest BCUT2D eigenvalue weighted by atomic mass is 9.96. The van der Waals surface area contributed by atoms with Gasteiger partial charge >= 0.3 is 6.03 Å². The first kappa shape index (κ1) is 13.6. The summed E-state index contributed by atoms with van der Waals surface area (Å²) < 4.78 is 5.56. The van der Waals surface area contributed by atoms with Gasteiger partial charge in [0.25, 0.3) is 0 Å². The highest BCUT2D eigenvalue weighted by Crippen LogP contribution is 2.33. The monoisotopic (exact) mass is 314 g/mol. The summed E-state index contributed by atoms with van der Waals surface area (Å²) in [7, 11) is 0. The number of fused-ring (bicyclic) bond motifs is 1. The van der Waals surface area contributed by atoms with E-state index >= 15 is 0 Å². The fourth-order valence-corrected chi connectivity index (χ4v) is 3.82. The lowest BCUT2D eigenvalue weighted by Crippen LogP contribution is -2.32. The van der Waals surface area contributed by atoms with Crippen molar-refractivity contribution in [3.8, 4) is 5.75 Å². The van der Waals surface area contributed by atoms with E-state index in [9.17, 15) is 4.79 Å². The molecule has 2 amide bonds. The van der Waals surface area contributed by atoms with Crippen molar-refractivity contribution in [2.24, 2.45) is 0 Å². The molecule has 1 unspecified atom stereocenters. The molecule has 0 radical (unpaired) electrons. The van der Waals surface area contributed by atoms with Crippen LogP contribution in [0.4, 0.5) is 9.80 Å². The van der Waals surface area contributed by atoms with Crippen molar-refractivity contribution in [3.05, 3.63) is 46.8 Å². The van der Waals surface area contributed by atoms with Gasteiger partial charge in [0.1, 0.15) is 5.75 Å². The molecule has 4 nitrogen and oxygen atoms in total. The predicted octanol–water partition coefficient (Wildman–Crippen LogP) is 3.70. The maximum atomic E-state index is 12.3. The third-order valence-corrected chi connectivity index (χ3v) is 5.20. The number of nitrogens with one attached hydrogen (secondary N) is 1. The summed E-state index contributed by atoms with van der Waals surface area (Å²) in [6.45, 7) is 2.39. The molecule has 0 spiro atoms. The molecule has 22 heavy (non-hydrogen) atoms. The van der Waals surface area contributed by atoms with E-state index in [1.807, 2.05) is 22.4 Å². The zero-order valence-corrected chi connectivity index (χ0v) is 13.1. The molecule has 2 aliphatic rings. The largest absolute Gasteiger partial charge is 0.493 e. The van der Waals surface area contributed by atoms with Gasteiger partial charge in [0.15, 0.2) is 0 Å². The first-order valence-electron chi connectivity index (χ1n) is 7.64. The molecule has 114 valence electrons. The number of thiophene rings is 1. The number of benzene rings is 1. The van der Waals surface area contributed by atoms with E-state index in [1.54, 1.807) is 11.3 Å². The molecule has 1 aromatic carbocycles.